The van der Waals surface area contributed by atoms with Gasteiger partial charge in [-0.1, -0.05) is 0 Å². The lowest BCUT2D eigenvalue weighted by Gasteiger charge is -2.22. The Balaban J connectivity index is 1.23. The van der Waals surface area contributed by atoms with Gasteiger partial charge in [0.2, 0.25) is 5.95 Å². The Kier molecular flexibility index (Phi) is 4.69. The molecule has 2 aromatic rings. The normalized spacial score (nSPS) is 24.4. The number of nitrogens with one attached hydrogen (secondary N) is 1. The van der Waals surface area contributed by atoms with Gasteiger partial charge >= 0.3 is 0 Å². The van der Waals surface area contributed by atoms with Gasteiger partial charge in [-0.15, -0.1) is 5.10 Å². The zero-order valence-electron chi connectivity index (χ0n) is 14.7. The van der Waals surface area contributed by atoms with E-state index < -0.39 is 0 Å². The Labute approximate surface area is 144 Å². The lowest BCUT2D eigenvalue weighted by atomic mass is 9.84. The summed E-state index contributed by atoms with van der Waals surface area (Å²) in [4.78, 5) is 2.73. The maximum atomic E-state index is 4.30. The van der Waals surface area contributed by atoms with Gasteiger partial charge in [0.15, 0.2) is 0 Å². The number of unbranched alkanes of at least 4 members (excludes halogenated alkanes) is 1. The molecule has 0 spiro atoms. The van der Waals surface area contributed by atoms with Crippen LogP contribution in [0.1, 0.15) is 44.2 Å². The van der Waals surface area contributed by atoms with Crippen LogP contribution in [0.2, 0.25) is 0 Å². The first-order chi connectivity index (χ1) is 11.8. The maximum Gasteiger partial charge on any atom is 0.227 e. The van der Waals surface area contributed by atoms with Crippen LogP contribution < -0.4 is 5.32 Å². The summed E-state index contributed by atoms with van der Waals surface area (Å²) in [6.45, 7) is 6.91. The first-order valence-electron chi connectivity index (χ1n) is 9.56. The minimum atomic E-state index is 0.855. The van der Waals surface area contributed by atoms with Gasteiger partial charge in [0.05, 0.1) is 11.2 Å². The summed E-state index contributed by atoms with van der Waals surface area (Å²) in [5.41, 5.74) is 2.11. The highest BCUT2D eigenvalue weighted by Crippen LogP contribution is 2.33. The van der Waals surface area contributed by atoms with Crippen molar-refractivity contribution in [3.63, 3.8) is 0 Å². The minimum Gasteiger partial charge on any atom is -0.354 e. The summed E-state index contributed by atoms with van der Waals surface area (Å²) in [5.74, 6) is 2.81. The van der Waals surface area contributed by atoms with Crippen molar-refractivity contribution in [1.29, 1.82) is 0 Å². The third-order valence-corrected chi connectivity index (χ3v) is 5.83. The molecule has 3 aliphatic rings. The molecule has 4 heterocycles. The molecular weight excluding hydrogens is 298 g/mol. The topological polar surface area (TPSA) is 45.5 Å². The zero-order valence-corrected chi connectivity index (χ0v) is 14.7. The van der Waals surface area contributed by atoms with Crippen molar-refractivity contribution in [2.75, 3.05) is 31.5 Å². The number of aryl methyl sites for hydroxylation is 1. The quantitative estimate of drug-likeness (QED) is 0.827. The summed E-state index contributed by atoms with van der Waals surface area (Å²) in [6.07, 6.45) is 10.4. The molecule has 3 fully saturated rings. The van der Waals surface area contributed by atoms with Crippen LogP contribution >= 0.6 is 0 Å². The average Bonchev–Trinajstić information content (AvgIpc) is 2.92. The van der Waals surface area contributed by atoms with Gasteiger partial charge in [-0.25, -0.2) is 0 Å². The number of fused-ring (bicyclic) bond motifs is 5. The van der Waals surface area contributed by atoms with Crippen LogP contribution in [0, 0.1) is 18.8 Å². The second kappa shape index (κ2) is 7.09. The Hall–Kier alpha value is -1.62. The average molecular weight is 327 g/mol. The second-order valence-corrected chi connectivity index (χ2v) is 7.65. The lowest BCUT2D eigenvalue weighted by molar-refractivity contribution is 0.248. The highest BCUT2D eigenvalue weighted by atomic mass is 15.3. The molecule has 5 rings (SSSR count). The number of rotatable bonds is 6. The summed E-state index contributed by atoms with van der Waals surface area (Å²) in [5, 5.41) is 12.0. The van der Waals surface area contributed by atoms with Crippen molar-refractivity contribution in [2.45, 2.75) is 45.4 Å². The molecule has 0 aromatic carbocycles. The smallest absolute Gasteiger partial charge is 0.227 e. The summed E-state index contributed by atoms with van der Waals surface area (Å²) >= 11 is 0. The number of aromatic nitrogens is 3. The maximum absolute atomic E-state index is 4.30. The molecule has 1 saturated carbocycles. The monoisotopic (exact) mass is 327 g/mol. The SMILES string of the molecule is Cc1nnc(NCCCCN2CC3CCC(CC3)C2)n2cccc12. The molecule has 5 nitrogen and oxygen atoms in total. The van der Waals surface area contributed by atoms with E-state index in [1.54, 1.807) is 0 Å². The van der Waals surface area contributed by atoms with E-state index in [9.17, 15) is 0 Å². The van der Waals surface area contributed by atoms with Gasteiger partial charge < -0.3 is 10.2 Å². The molecule has 1 N–H and O–H groups in total. The van der Waals surface area contributed by atoms with Crippen LogP contribution in [0.15, 0.2) is 18.3 Å². The summed E-state index contributed by atoms with van der Waals surface area (Å²) in [6, 6.07) is 4.13. The molecule has 0 amide bonds. The van der Waals surface area contributed by atoms with Crippen molar-refractivity contribution in [3.8, 4) is 0 Å². The van der Waals surface area contributed by atoms with E-state index in [2.05, 4.69) is 30.9 Å². The second-order valence-electron chi connectivity index (χ2n) is 7.65. The van der Waals surface area contributed by atoms with Crippen molar-refractivity contribution in [2.24, 2.45) is 11.8 Å². The fourth-order valence-corrected chi connectivity index (χ4v) is 4.45. The fraction of sp³-hybridized carbons (Fsp3) is 0.684. The van der Waals surface area contributed by atoms with Crippen molar-refractivity contribution >= 4 is 11.5 Å². The Morgan fingerprint density at radius 1 is 1.08 bits per heavy atom. The number of hydrogen-bond acceptors (Lipinski definition) is 4. The molecule has 1 aliphatic carbocycles. The third kappa shape index (κ3) is 3.41. The molecule has 0 unspecified atom stereocenters. The highest BCUT2D eigenvalue weighted by Gasteiger charge is 2.28. The van der Waals surface area contributed by atoms with Gasteiger partial charge in [-0.2, -0.15) is 5.10 Å². The Morgan fingerprint density at radius 2 is 1.83 bits per heavy atom. The van der Waals surface area contributed by atoms with Gasteiger partial charge in [-0.05, 0) is 76.0 Å². The van der Waals surface area contributed by atoms with E-state index in [0.717, 1.165) is 35.5 Å². The Morgan fingerprint density at radius 3 is 2.58 bits per heavy atom. The van der Waals surface area contributed by atoms with Gasteiger partial charge in [0.1, 0.15) is 0 Å². The van der Waals surface area contributed by atoms with Crippen LogP contribution in [0.5, 0.6) is 0 Å². The van der Waals surface area contributed by atoms with Gasteiger partial charge in [0.25, 0.3) is 0 Å². The van der Waals surface area contributed by atoms with E-state index in [1.807, 2.05) is 19.2 Å². The number of anilines is 1. The largest absolute Gasteiger partial charge is 0.354 e. The van der Waals surface area contributed by atoms with Crippen molar-refractivity contribution in [3.05, 3.63) is 24.0 Å². The molecule has 0 atom stereocenters. The minimum absolute atomic E-state index is 0.855. The highest BCUT2D eigenvalue weighted by molar-refractivity contribution is 5.55. The standard InChI is InChI=1S/C19H29N5/c1-15-18-5-4-12-24(18)19(22-21-15)20-10-2-3-11-23-13-16-6-7-17(14-23)9-8-16/h4-5,12,16-17H,2-3,6-11,13-14H2,1H3,(H,20,22). The van der Waals surface area contributed by atoms with E-state index in [1.165, 1.54) is 58.2 Å². The van der Waals surface area contributed by atoms with E-state index in [4.69, 9.17) is 0 Å². The molecule has 24 heavy (non-hydrogen) atoms. The zero-order chi connectivity index (χ0) is 16.4. The summed E-state index contributed by atoms with van der Waals surface area (Å²) < 4.78 is 2.09. The molecule has 5 heteroatoms. The lowest BCUT2D eigenvalue weighted by Crippen LogP contribution is -2.29. The molecule has 0 radical (unpaired) electrons. The fourth-order valence-electron chi connectivity index (χ4n) is 4.45. The number of nitrogens with zero attached hydrogens (tertiary/aromatic N) is 4. The predicted octanol–water partition coefficient (Wildman–Crippen LogP) is 3.35. The molecule has 2 bridgehead atoms. The molecule has 130 valence electrons. The van der Waals surface area contributed by atoms with Crippen LogP contribution in [0.4, 0.5) is 5.95 Å². The van der Waals surface area contributed by atoms with E-state index >= 15 is 0 Å². The first-order valence-corrected chi connectivity index (χ1v) is 9.56. The number of hydrogen-bond donors (Lipinski definition) is 1. The van der Waals surface area contributed by atoms with Crippen LogP contribution in [0.3, 0.4) is 0 Å². The predicted molar refractivity (Wildman–Crippen MR) is 97.3 cm³/mol. The first kappa shape index (κ1) is 15.9. The van der Waals surface area contributed by atoms with Crippen molar-refractivity contribution in [1.82, 2.24) is 19.5 Å². The molecule has 2 aliphatic heterocycles. The summed E-state index contributed by atoms with van der Waals surface area (Å²) in [7, 11) is 0. The van der Waals surface area contributed by atoms with Crippen LogP contribution in [0.25, 0.3) is 5.52 Å². The van der Waals surface area contributed by atoms with Crippen molar-refractivity contribution < 1.29 is 0 Å². The Bertz CT molecular complexity index is 657. The van der Waals surface area contributed by atoms with E-state index in [0.29, 0.717) is 0 Å². The molecule has 2 saturated heterocycles. The van der Waals surface area contributed by atoms with E-state index in [-0.39, 0.29) is 0 Å². The van der Waals surface area contributed by atoms with Crippen LogP contribution in [-0.2, 0) is 0 Å². The van der Waals surface area contributed by atoms with Gasteiger partial charge in [-0.3, -0.25) is 4.40 Å². The third-order valence-electron chi connectivity index (χ3n) is 5.83. The molecular formula is C19H29N5. The van der Waals surface area contributed by atoms with Crippen LogP contribution in [-0.4, -0.2) is 45.7 Å². The molecule has 2 aromatic heterocycles. The van der Waals surface area contributed by atoms with Gasteiger partial charge in [0, 0.05) is 25.8 Å².